The summed E-state index contributed by atoms with van der Waals surface area (Å²) in [6, 6.07) is 8.60. The average Bonchev–Trinajstić information content (AvgIpc) is 2.50. The Labute approximate surface area is 126 Å². The maximum atomic E-state index is 13.4. The molecular formula is C16H12F3N3. The molecule has 0 fully saturated rings. The van der Waals surface area contributed by atoms with Crippen molar-refractivity contribution in [2.45, 2.75) is 19.1 Å². The molecule has 1 unspecified atom stereocenters. The van der Waals surface area contributed by atoms with Crippen molar-refractivity contribution in [1.82, 2.24) is 0 Å². The normalized spacial score (nSPS) is 16.5. The molecule has 3 nitrogen and oxygen atoms in total. The van der Waals surface area contributed by atoms with Crippen LogP contribution in [0.2, 0.25) is 0 Å². The molecule has 2 rings (SSSR count). The maximum Gasteiger partial charge on any atom is 0.416 e. The van der Waals surface area contributed by atoms with E-state index in [2.05, 4.69) is 0 Å². The number of anilines is 1. The van der Waals surface area contributed by atoms with E-state index in [1.807, 2.05) is 0 Å². The SMILES string of the molecule is CCN1c2ccccc2C=CC1C(=C(C#N)C#N)C(F)(F)F. The number of para-hydroxylation sites is 1. The second-order valence-electron chi connectivity index (χ2n) is 4.66. The molecule has 0 bridgehead atoms. The number of nitriles is 2. The van der Waals surface area contributed by atoms with Gasteiger partial charge in [-0.2, -0.15) is 23.7 Å². The van der Waals surface area contributed by atoms with E-state index in [1.54, 1.807) is 37.3 Å². The molecule has 1 atom stereocenters. The molecule has 6 heteroatoms. The van der Waals surface area contributed by atoms with Gasteiger partial charge in [0.05, 0.1) is 11.6 Å². The van der Waals surface area contributed by atoms with E-state index in [9.17, 15) is 13.2 Å². The summed E-state index contributed by atoms with van der Waals surface area (Å²) in [5, 5.41) is 17.7. The fourth-order valence-electron chi connectivity index (χ4n) is 2.56. The summed E-state index contributed by atoms with van der Waals surface area (Å²) in [5.74, 6) is 0. The lowest BCUT2D eigenvalue weighted by molar-refractivity contribution is -0.0948. The molecule has 1 heterocycles. The van der Waals surface area contributed by atoms with Crippen LogP contribution in [0.3, 0.4) is 0 Å². The van der Waals surface area contributed by atoms with Crippen molar-refractivity contribution in [3.05, 3.63) is 47.1 Å². The minimum atomic E-state index is -4.75. The Hall–Kier alpha value is -2.73. The number of alkyl halides is 3. The Morgan fingerprint density at radius 1 is 1.23 bits per heavy atom. The first-order valence-corrected chi connectivity index (χ1v) is 6.59. The van der Waals surface area contributed by atoms with E-state index in [4.69, 9.17) is 10.5 Å². The van der Waals surface area contributed by atoms with Crippen molar-refractivity contribution in [3.8, 4) is 12.1 Å². The minimum Gasteiger partial charge on any atom is -0.361 e. The van der Waals surface area contributed by atoms with Gasteiger partial charge in [0.1, 0.15) is 17.7 Å². The van der Waals surface area contributed by atoms with Gasteiger partial charge in [0.2, 0.25) is 0 Å². The summed E-state index contributed by atoms with van der Waals surface area (Å²) in [6.45, 7) is 2.05. The van der Waals surface area contributed by atoms with Crippen LogP contribution in [0.25, 0.3) is 6.08 Å². The number of likely N-dealkylation sites (N-methyl/N-ethyl adjacent to an activating group) is 1. The summed E-state index contributed by atoms with van der Waals surface area (Å²) >= 11 is 0. The number of nitrogens with zero attached hydrogens (tertiary/aromatic N) is 3. The van der Waals surface area contributed by atoms with E-state index >= 15 is 0 Å². The van der Waals surface area contributed by atoms with Crippen molar-refractivity contribution in [2.75, 3.05) is 11.4 Å². The van der Waals surface area contributed by atoms with Gasteiger partial charge in [-0.1, -0.05) is 30.4 Å². The van der Waals surface area contributed by atoms with Crippen LogP contribution in [0.1, 0.15) is 12.5 Å². The molecule has 1 aromatic rings. The summed E-state index contributed by atoms with van der Waals surface area (Å²) in [5.41, 5.74) is -0.572. The zero-order valence-electron chi connectivity index (χ0n) is 11.7. The first-order chi connectivity index (χ1) is 10.4. The molecule has 0 radical (unpaired) electrons. The van der Waals surface area contributed by atoms with Gasteiger partial charge in [-0.25, -0.2) is 0 Å². The van der Waals surface area contributed by atoms with Crippen molar-refractivity contribution in [3.63, 3.8) is 0 Å². The summed E-state index contributed by atoms with van der Waals surface area (Å²) in [6.07, 6.45) is -1.79. The van der Waals surface area contributed by atoms with Crippen LogP contribution in [0.15, 0.2) is 41.5 Å². The lowest BCUT2D eigenvalue weighted by Crippen LogP contribution is -2.42. The molecule has 112 valence electrons. The molecule has 0 N–H and O–H groups in total. The van der Waals surface area contributed by atoms with Gasteiger partial charge in [0, 0.05) is 12.2 Å². The topological polar surface area (TPSA) is 50.8 Å². The molecule has 0 aliphatic carbocycles. The molecule has 22 heavy (non-hydrogen) atoms. The van der Waals surface area contributed by atoms with Crippen LogP contribution >= 0.6 is 0 Å². The molecule has 0 amide bonds. The highest BCUT2D eigenvalue weighted by Gasteiger charge is 2.43. The largest absolute Gasteiger partial charge is 0.416 e. The van der Waals surface area contributed by atoms with Gasteiger partial charge in [-0.05, 0) is 18.6 Å². The molecule has 0 saturated carbocycles. The lowest BCUT2D eigenvalue weighted by atomic mass is 9.94. The average molecular weight is 303 g/mol. The maximum absolute atomic E-state index is 13.4. The minimum absolute atomic E-state index is 0.315. The zero-order chi connectivity index (χ0) is 16.3. The number of allylic oxidation sites excluding steroid dienone is 1. The lowest BCUT2D eigenvalue weighted by Gasteiger charge is -2.36. The third-order valence-corrected chi connectivity index (χ3v) is 3.47. The molecule has 0 saturated heterocycles. The number of benzene rings is 1. The van der Waals surface area contributed by atoms with Crippen LogP contribution in [0.4, 0.5) is 18.9 Å². The molecular weight excluding hydrogens is 291 g/mol. The van der Waals surface area contributed by atoms with Gasteiger partial charge in [-0.3, -0.25) is 0 Å². The van der Waals surface area contributed by atoms with Crippen LogP contribution in [0, 0.1) is 22.7 Å². The van der Waals surface area contributed by atoms with E-state index in [0.29, 0.717) is 12.2 Å². The number of hydrogen-bond donors (Lipinski definition) is 0. The van der Waals surface area contributed by atoms with Gasteiger partial charge in [-0.15, -0.1) is 0 Å². The van der Waals surface area contributed by atoms with E-state index in [1.165, 1.54) is 23.1 Å². The summed E-state index contributed by atoms with van der Waals surface area (Å²) in [7, 11) is 0. The Bertz CT molecular complexity index is 701. The zero-order valence-corrected chi connectivity index (χ0v) is 11.7. The van der Waals surface area contributed by atoms with Gasteiger partial charge in [0.25, 0.3) is 0 Å². The van der Waals surface area contributed by atoms with E-state index in [-0.39, 0.29) is 0 Å². The number of halogens is 3. The first kappa shape index (κ1) is 15.7. The van der Waals surface area contributed by atoms with Gasteiger partial charge in [0.15, 0.2) is 0 Å². The van der Waals surface area contributed by atoms with Crippen LogP contribution < -0.4 is 4.90 Å². The molecule has 1 aromatic carbocycles. The van der Waals surface area contributed by atoms with Crippen LogP contribution in [0.5, 0.6) is 0 Å². The molecule has 1 aliphatic heterocycles. The highest BCUT2D eigenvalue weighted by molar-refractivity contribution is 5.74. The van der Waals surface area contributed by atoms with Crippen molar-refractivity contribution in [2.24, 2.45) is 0 Å². The fourth-order valence-corrected chi connectivity index (χ4v) is 2.56. The summed E-state index contributed by atoms with van der Waals surface area (Å²) < 4.78 is 40.2. The van der Waals surface area contributed by atoms with E-state index in [0.717, 1.165) is 5.56 Å². The van der Waals surface area contributed by atoms with Crippen molar-refractivity contribution in [1.29, 1.82) is 10.5 Å². The number of hydrogen-bond acceptors (Lipinski definition) is 3. The molecule has 1 aliphatic rings. The number of fused-ring (bicyclic) bond motifs is 1. The monoisotopic (exact) mass is 303 g/mol. The summed E-state index contributed by atoms with van der Waals surface area (Å²) in [4.78, 5) is 1.53. The quantitative estimate of drug-likeness (QED) is 0.781. The fraction of sp³-hybridized carbons (Fsp3) is 0.250. The van der Waals surface area contributed by atoms with Crippen LogP contribution in [-0.2, 0) is 0 Å². The number of rotatable bonds is 2. The van der Waals surface area contributed by atoms with Gasteiger partial charge >= 0.3 is 6.18 Å². The molecule has 0 spiro atoms. The Balaban J connectivity index is 2.64. The van der Waals surface area contributed by atoms with Crippen molar-refractivity contribution >= 4 is 11.8 Å². The van der Waals surface area contributed by atoms with E-state index < -0.39 is 23.4 Å². The van der Waals surface area contributed by atoms with Crippen LogP contribution in [-0.4, -0.2) is 18.8 Å². The third-order valence-electron chi connectivity index (χ3n) is 3.47. The van der Waals surface area contributed by atoms with Gasteiger partial charge < -0.3 is 4.90 Å². The second-order valence-corrected chi connectivity index (χ2v) is 4.66. The van der Waals surface area contributed by atoms with Crippen molar-refractivity contribution < 1.29 is 13.2 Å². The highest BCUT2D eigenvalue weighted by Crippen LogP contribution is 2.38. The second kappa shape index (κ2) is 5.95. The predicted molar refractivity (Wildman–Crippen MR) is 76.6 cm³/mol. The Morgan fingerprint density at radius 2 is 1.86 bits per heavy atom. The highest BCUT2D eigenvalue weighted by atomic mass is 19.4. The Morgan fingerprint density at radius 3 is 2.41 bits per heavy atom. The standard InChI is InChI=1S/C16H12F3N3/c1-2-22-13-6-4-3-5-11(13)7-8-14(22)15(16(17,18)19)12(9-20)10-21/h3-8,14H,2H2,1H3. The smallest absolute Gasteiger partial charge is 0.361 e. The predicted octanol–water partition coefficient (Wildman–Crippen LogP) is 3.81. The third kappa shape index (κ3) is 2.68. The molecule has 0 aromatic heterocycles. The Kier molecular flexibility index (Phi) is 4.23. The first-order valence-electron chi connectivity index (χ1n) is 6.59.